The Balaban J connectivity index is 2.18. The van der Waals surface area contributed by atoms with E-state index in [1.54, 1.807) is 6.08 Å². The number of benzene rings is 2. The lowest BCUT2D eigenvalue weighted by Gasteiger charge is -2.05. The van der Waals surface area contributed by atoms with Gasteiger partial charge in [-0.3, -0.25) is 0 Å². The maximum atomic E-state index is 6.91. The molecule has 2 nitrogen and oxygen atoms in total. The van der Waals surface area contributed by atoms with E-state index in [1.165, 1.54) is 0 Å². The molecule has 0 unspecified atom stereocenters. The summed E-state index contributed by atoms with van der Waals surface area (Å²) in [6, 6.07) is 15.4. The van der Waals surface area contributed by atoms with Crippen LogP contribution < -0.4 is 4.74 Å². The quantitative estimate of drug-likeness (QED) is 0.563. The topological polar surface area (TPSA) is 13.6 Å². The van der Waals surface area contributed by atoms with E-state index < -0.39 is 0 Å². The Hall–Kier alpha value is -2.53. The van der Waals surface area contributed by atoms with E-state index in [-0.39, 0.29) is 0 Å². The van der Waals surface area contributed by atoms with Gasteiger partial charge >= 0.3 is 0 Å². The van der Waals surface area contributed by atoms with E-state index in [1.807, 2.05) is 48.5 Å². The fourth-order valence-corrected chi connectivity index (χ4v) is 1.63. The van der Waals surface area contributed by atoms with E-state index in [0.717, 1.165) is 16.9 Å². The van der Waals surface area contributed by atoms with Gasteiger partial charge in [0.2, 0.25) is 0 Å². The smallest absolute Gasteiger partial charge is 0.187 e. The monoisotopic (exact) mass is 235 g/mol. The molecule has 0 amide bonds. The summed E-state index contributed by atoms with van der Waals surface area (Å²) >= 11 is 0. The highest BCUT2D eigenvalue weighted by Gasteiger charge is 1.98. The highest BCUT2D eigenvalue weighted by Crippen LogP contribution is 2.24. The predicted octanol–water partition coefficient (Wildman–Crippen LogP) is 4.47. The summed E-state index contributed by atoms with van der Waals surface area (Å²) < 4.78 is 5.42. The van der Waals surface area contributed by atoms with Crippen molar-refractivity contribution >= 4 is 5.69 Å². The first-order chi connectivity index (χ1) is 8.83. The molecule has 0 saturated carbocycles. The first-order valence-corrected chi connectivity index (χ1v) is 5.65. The molecule has 0 atom stereocenters. The van der Waals surface area contributed by atoms with Gasteiger partial charge in [-0.2, -0.15) is 0 Å². The molecule has 0 aliphatic carbocycles. The molecule has 0 saturated heterocycles. The van der Waals surface area contributed by atoms with Gasteiger partial charge in [-0.1, -0.05) is 49.1 Å². The Morgan fingerprint density at radius 2 is 1.56 bits per heavy atom. The number of ether oxygens (including phenoxy) is 1. The van der Waals surface area contributed by atoms with Crippen LogP contribution in [0.1, 0.15) is 0 Å². The van der Waals surface area contributed by atoms with Crippen molar-refractivity contribution in [3.8, 4) is 16.9 Å². The summed E-state index contributed by atoms with van der Waals surface area (Å²) in [6.45, 7) is 11.0. The van der Waals surface area contributed by atoms with Crippen molar-refractivity contribution in [2.75, 3.05) is 6.61 Å². The average molecular weight is 235 g/mol. The van der Waals surface area contributed by atoms with Gasteiger partial charge in [0, 0.05) is 0 Å². The van der Waals surface area contributed by atoms with Crippen LogP contribution in [0.5, 0.6) is 5.75 Å². The van der Waals surface area contributed by atoms with E-state index in [9.17, 15) is 0 Å². The maximum absolute atomic E-state index is 6.91. The van der Waals surface area contributed by atoms with Crippen molar-refractivity contribution in [3.05, 3.63) is 72.6 Å². The lowest BCUT2D eigenvalue weighted by atomic mass is 10.1. The first kappa shape index (κ1) is 11.9. The Labute approximate surface area is 107 Å². The Morgan fingerprint density at radius 3 is 2.06 bits per heavy atom. The van der Waals surface area contributed by atoms with Crippen molar-refractivity contribution in [2.24, 2.45) is 0 Å². The summed E-state index contributed by atoms with van der Waals surface area (Å²) in [4.78, 5) is 3.37. The average Bonchev–Trinajstić information content (AvgIpc) is 2.46. The molecule has 2 heteroatoms. The third-order valence-corrected chi connectivity index (χ3v) is 2.55. The number of hydrogen-bond acceptors (Lipinski definition) is 1. The maximum Gasteiger partial charge on any atom is 0.187 e. The SMILES string of the molecule is [C-]#[N+]c1ccc(-c2ccc(OCC=C)cc2)cc1. The van der Waals surface area contributed by atoms with Crippen LogP contribution in [-0.4, -0.2) is 6.61 Å². The van der Waals surface area contributed by atoms with Crippen molar-refractivity contribution in [1.82, 2.24) is 0 Å². The molecule has 2 aromatic carbocycles. The second-order valence-corrected chi connectivity index (χ2v) is 3.78. The number of rotatable bonds is 4. The van der Waals surface area contributed by atoms with E-state index in [4.69, 9.17) is 11.3 Å². The molecule has 0 spiro atoms. The fraction of sp³-hybridized carbons (Fsp3) is 0.0625. The van der Waals surface area contributed by atoms with Crippen LogP contribution in [0, 0.1) is 6.57 Å². The van der Waals surface area contributed by atoms with Crippen molar-refractivity contribution in [2.45, 2.75) is 0 Å². The molecular formula is C16H13NO. The molecule has 18 heavy (non-hydrogen) atoms. The molecule has 0 bridgehead atoms. The predicted molar refractivity (Wildman–Crippen MR) is 73.8 cm³/mol. The van der Waals surface area contributed by atoms with Crippen LogP contribution in [0.15, 0.2) is 61.2 Å². The van der Waals surface area contributed by atoms with Gasteiger partial charge in [-0.25, -0.2) is 4.85 Å². The minimum atomic E-state index is 0.513. The molecule has 0 aliphatic rings. The fourth-order valence-electron chi connectivity index (χ4n) is 1.63. The second-order valence-electron chi connectivity index (χ2n) is 3.78. The molecule has 88 valence electrons. The first-order valence-electron chi connectivity index (χ1n) is 5.65. The van der Waals surface area contributed by atoms with Crippen LogP contribution in [-0.2, 0) is 0 Å². The standard InChI is InChI=1S/C16H13NO/c1-3-12-18-16-10-6-14(7-11-16)13-4-8-15(17-2)9-5-13/h3-11H,1,12H2. The van der Waals surface area contributed by atoms with Crippen molar-refractivity contribution in [1.29, 1.82) is 0 Å². The van der Waals surface area contributed by atoms with E-state index >= 15 is 0 Å². The van der Waals surface area contributed by atoms with Crippen LogP contribution >= 0.6 is 0 Å². The van der Waals surface area contributed by atoms with E-state index in [2.05, 4.69) is 11.4 Å². The Kier molecular flexibility index (Phi) is 3.78. The zero-order chi connectivity index (χ0) is 12.8. The summed E-state index contributed by atoms with van der Waals surface area (Å²) in [5.74, 6) is 0.830. The lowest BCUT2D eigenvalue weighted by Crippen LogP contribution is -1.91. The molecular weight excluding hydrogens is 222 g/mol. The van der Waals surface area contributed by atoms with Gasteiger partial charge < -0.3 is 4.74 Å². The largest absolute Gasteiger partial charge is 0.490 e. The van der Waals surface area contributed by atoms with Crippen molar-refractivity contribution in [3.63, 3.8) is 0 Å². The van der Waals surface area contributed by atoms with Crippen LogP contribution in [0.25, 0.3) is 16.0 Å². The van der Waals surface area contributed by atoms with E-state index in [0.29, 0.717) is 12.3 Å². The molecule has 0 aliphatic heterocycles. The Morgan fingerprint density at radius 1 is 1.00 bits per heavy atom. The van der Waals surface area contributed by atoms with Crippen LogP contribution in [0.4, 0.5) is 5.69 Å². The molecule has 0 aromatic heterocycles. The highest BCUT2D eigenvalue weighted by molar-refractivity contribution is 5.66. The van der Waals surface area contributed by atoms with Gasteiger partial charge in [-0.05, 0) is 23.3 Å². The number of hydrogen-bond donors (Lipinski definition) is 0. The van der Waals surface area contributed by atoms with Gasteiger partial charge in [0.05, 0.1) is 6.57 Å². The van der Waals surface area contributed by atoms with Crippen LogP contribution in [0.2, 0.25) is 0 Å². The second kappa shape index (κ2) is 5.70. The minimum absolute atomic E-state index is 0.513. The Bertz CT molecular complexity index is 562. The van der Waals surface area contributed by atoms with Crippen molar-refractivity contribution < 1.29 is 4.74 Å². The number of nitrogens with zero attached hydrogens (tertiary/aromatic N) is 1. The molecule has 0 fully saturated rings. The molecule has 0 heterocycles. The third kappa shape index (κ3) is 2.78. The normalized spacial score (nSPS) is 9.50. The van der Waals surface area contributed by atoms with Gasteiger partial charge in [0.25, 0.3) is 0 Å². The zero-order valence-corrected chi connectivity index (χ0v) is 9.97. The van der Waals surface area contributed by atoms with Crippen LogP contribution in [0.3, 0.4) is 0 Å². The molecule has 2 aromatic rings. The minimum Gasteiger partial charge on any atom is -0.490 e. The van der Waals surface area contributed by atoms with Gasteiger partial charge in [-0.15, -0.1) is 0 Å². The summed E-state index contributed by atoms with van der Waals surface area (Å²) in [6.07, 6.45) is 1.72. The third-order valence-electron chi connectivity index (χ3n) is 2.55. The highest BCUT2D eigenvalue weighted by atomic mass is 16.5. The molecule has 0 radical (unpaired) electrons. The molecule has 2 rings (SSSR count). The van der Waals surface area contributed by atoms with Gasteiger partial charge in [0.1, 0.15) is 12.4 Å². The summed E-state index contributed by atoms with van der Waals surface area (Å²) in [5, 5.41) is 0. The van der Waals surface area contributed by atoms with Gasteiger partial charge in [0.15, 0.2) is 5.69 Å². The zero-order valence-electron chi connectivity index (χ0n) is 9.97. The molecule has 0 N–H and O–H groups in total. The summed E-state index contributed by atoms with van der Waals surface area (Å²) in [5.41, 5.74) is 2.86. The summed E-state index contributed by atoms with van der Waals surface area (Å²) in [7, 11) is 0. The lowest BCUT2D eigenvalue weighted by molar-refractivity contribution is 0.363.